The van der Waals surface area contributed by atoms with Crippen LogP contribution >= 0.6 is 0 Å². The standard InChI is InChI=1S/C17H22FN3/c1-3-15(19)10-14-4-5-17(16(18)11-14)21(2)12-13-6-8-20-9-7-13/h4-9,11,15H,3,10,12,19H2,1-2H3. The van der Waals surface area contributed by atoms with Crippen LogP contribution in [0.1, 0.15) is 24.5 Å². The molecule has 2 N–H and O–H groups in total. The van der Waals surface area contributed by atoms with Gasteiger partial charge < -0.3 is 10.6 Å². The Balaban J connectivity index is 2.09. The molecule has 1 heterocycles. The number of aromatic nitrogens is 1. The number of nitrogens with zero attached hydrogens (tertiary/aromatic N) is 2. The Morgan fingerprint density at radius 1 is 1.19 bits per heavy atom. The fourth-order valence-corrected chi connectivity index (χ4v) is 2.28. The molecular weight excluding hydrogens is 265 g/mol. The molecule has 0 amide bonds. The minimum absolute atomic E-state index is 0.0878. The maximum absolute atomic E-state index is 14.3. The highest BCUT2D eigenvalue weighted by Gasteiger charge is 2.10. The minimum Gasteiger partial charge on any atom is -0.368 e. The largest absolute Gasteiger partial charge is 0.368 e. The maximum atomic E-state index is 14.3. The Morgan fingerprint density at radius 3 is 2.52 bits per heavy atom. The van der Waals surface area contributed by atoms with E-state index in [1.54, 1.807) is 18.5 Å². The summed E-state index contributed by atoms with van der Waals surface area (Å²) < 4.78 is 14.3. The summed E-state index contributed by atoms with van der Waals surface area (Å²) in [6.45, 7) is 2.69. The molecule has 0 spiro atoms. The molecule has 0 saturated heterocycles. The van der Waals surface area contributed by atoms with Gasteiger partial charge in [0.05, 0.1) is 5.69 Å². The Morgan fingerprint density at radius 2 is 1.90 bits per heavy atom. The van der Waals surface area contributed by atoms with Crippen molar-refractivity contribution in [3.8, 4) is 0 Å². The van der Waals surface area contributed by atoms with Gasteiger partial charge in [-0.25, -0.2) is 4.39 Å². The molecular formula is C17H22FN3. The van der Waals surface area contributed by atoms with Gasteiger partial charge in [0.1, 0.15) is 5.82 Å². The van der Waals surface area contributed by atoms with Crippen molar-refractivity contribution in [2.24, 2.45) is 5.73 Å². The van der Waals surface area contributed by atoms with Crippen LogP contribution in [0.4, 0.5) is 10.1 Å². The lowest BCUT2D eigenvalue weighted by Gasteiger charge is -2.20. The smallest absolute Gasteiger partial charge is 0.146 e. The molecule has 2 aromatic rings. The molecule has 0 aliphatic carbocycles. The molecule has 21 heavy (non-hydrogen) atoms. The third-order valence-corrected chi connectivity index (χ3v) is 3.61. The Labute approximate surface area is 125 Å². The van der Waals surface area contributed by atoms with E-state index in [1.165, 1.54) is 0 Å². The van der Waals surface area contributed by atoms with Gasteiger partial charge >= 0.3 is 0 Å². The van der Waals surface area contributed by atoms with Crippen LogP contribution in [0.2, 0.25) is 0 Å². The van der Waals surface area contributed by atoms with Gasteiger partial charge in [0.25, 0.3) is 0 Å². The molecule has 2 rings (SSSR count). The first-order valence-corrected chi connectivity index (χ1v) is 7.24. The first-order valence-electron chi connectivity index (χ1n) is 7.24. The number of pyridine rings is 1. The number of benzene rings is 1. The van der Waals surface area contributed by atoms with Gasteiger partial charge in [-0.1, -0.05) is 13.0 Å². The van der Waals surface area contributed by atoms with Gasteiger partial charge in [0.2, 0.25) is 0 Å². The second-order valence-corrected chi connectivity index (χ2v) is 5.37. The Kier molecular flexibility index (Phi) is 5.28. The summed E-state index contributed by atoms with van der Waals surface area (Å²) in [4.78, 5) is 5.88. The summed E-state index contributed by atoms with van der Waals surface area (Å²) in [7, 11) is 1.89. The first kappa shape index (κ1) is 15.4. The zero-order valence-corrected chi connectivity index (χ0v) is 12.6. The molecule has 0 fully saturated rings. The van der Waals surface area contributed by atoms with Crippen molar-refractivity contribution >= 4 is 5.69 Å². The predicted molar refractivity (Wildman–Crippen MR) is 84.7 cm³/mol. The summed E-state index contributed by atoms with van der Waals surface area (Å²) in [5.74, 6) is -0.202. The molecule has 3 nitrogen and oxygen atoms in total. The summed E-state index contributed by atoms with van der Waals surface area (Å²) in [6, 6.07) is 9.33. The lowest BCUT2D eigenvalue weighted by atomic mass is 10.0. The zero-order valence-electron chi connectivity index (χ0n) is 12.6. The van der Waals surface area contributed by atoms with Crippen molar-refractivity contribution in [3.63, 3.8) is 0 Å². The van der Waals surface area contributed by atoms with E-state index >= 15 is 0 Å². The van der Waals surface area contributed by atoms with Gasteiger partial charge in [0, 0.05) is 32.0 Å². The predicted octanol–water partition coefficient (Wildman–Crippen LogP) is 3.14. The second kappa shape index (κ2) is 7.18. The molecule has 1 atom stereocenters. The third kappa shape index (κ3) is 4.26. The maximum Gasteiger partial charge on any atom is 0.146 e. The quantitative estimate of drug-likeness (QED) is 0.887. The van der Waals surface area contributed by atoms with Crippen LogP contribution in [0.15, 0.2) is 42.7 Å². The Hall–Kier alpha value is -1.94. The first-order chi connectivity index (χ1) is 10.1. The van der Waals surface area contributed by atoms with Crippen LogP contribution in [0.5, 0.6) is 0 Å². The second-order valence-electron chi connectivity index (χ2n) is 5.37. The van der Waals surface area contributed by atoms with Crippen molar-refractivity contribution in [3.05, 3.63) is 59.7 Å². The van der Waals surface area contributed by atoms with Crippen LogP contribution < -0.4 is 10.6 Å². The average molecular weight is 287 g/mol. The van der Waals surface area contributed by atoms with E-state index in [2.05, 4.69) is 4.98 Å². The van der Waals surface area contributed by atoms with Crippen molar-refractivity contribution in [1.29, 1.82) is 0 Å². The highest BCUT2D eigenvalue weighted by molar-refractivity contribution is 5.49. The van der Waals surface area contributed by atoms with E-state index in [4.69, 9.17) is 5.73 Å². The number of rotatable bonds is 6. The van der Waals surface area contributed by atoms with E-state index in [0.717, 1.165) is 17.5 Å². The molecule has 0 radical (unpaired) electrons. The van der Waals surface area contributed by atoms with Gasteiger partial charge in [-0.2, -0.15) is 0 Å². The number of anilines is 1. The van der Waals surface area contributed by atoms with Crippen LogP contribution in [-0.2, 0) is 13.0 Å². The van der Waals surface area contributed by atoms with E-state index in [0.29, 0.717) is 18.7 Å². The fraction of sp³-hybridized carbons (Fsp3) is 0.353. The number of hydrogen-bond acceptors (Lipinski definition) is 3. The molecule has 1 aromatic heterocycles. The molecule has 112 valence electrons. The van der Waals surface area contributed by atoms with Crippen molar-refractivity contribution in [2.45, 2.75) is 32.4 Å². The highest BCUT2D eigenvalue weighted by Crippen LogP contribution is 2.21. The molecule has 4 heteroatoms. The summed E-state index contributed by atoms with van der Waals surface area (Å²) in [5, 5.41) is 0. The van der Waals surface area contributed by atoms with E-state index in [-0.39, 0.29) is 11.9 Å². The summed E-state index contributed by atoms with van der Waals surface area (Å²) in [5.41, 5.74) is 8.56. The normalized spacial score (nSPS) is 12.2. The third-order valence-electron chi connectivity index (χ3n) is 3.61. The van der Waals surface area contributed by atoms with Gasteiger partial charge in [0.15, 0.2) is 0 Å². The molecule has 1 unspecified atom stereocenters. The SMILES string of the molecule is CCC(N)Cc1ccc(N(C)Cc2ccncc2)c(F)c1. The van der Waals surface area contributed by atoms with Gasteiger partial charge in [-0.3, -0.25) is 4.98 Å². The van der Waals surface area contributed by atoms with E-state index in [9.17, 15) is 4.39 Å². The molecule has 1 aromatic carbocycles. The van der Waals surface area contributed by atoms with Gasteiger partial charge in [-0.15, -0.1) is 0 Å². The molecule has 0 aliphatic rings. The minimum atomic E-state index is -0.202. The van der Waals surface area contributed by atoms with Crippen molar-refractivity contribution < 1.29 is 4.39 Å². The lowest BCUT2D eigenvalue weighted by Crippen LogP contribution is -2.22. The average Bonchev–Trinajstić information content (AvgIpc) is 2.48. The topological polar surface area (TPSA) is 42.1 Å². The fourth-order valence-electron chi connectivity index (χ4n) is 2.28. The van der Waals surface area contributed by atoms with Crippen LogP contribution in [-0.4, -0.2) is 18.1 Å². The molecule has 0 saturated carbocycles. The van der Waals surface area contributed by atoms with Gasteiger partial charge in [-0.05, 0) is 48.2 Å². The van der Waals surface area contributed by atoms with Crippen molar-refractivity contribution in [2.75, 3.05) is 11.9 Å². The Bertz CT molecular complexity index is 572. The zero-order chi connectivity index (χ0) is 15.2. The number of hydrogen-bond donors (Lipinski definition) is 1. The number of nitrogens with two attached hydrogens (primary N) is 1. The highest BCUT2D eigenvalue weighted by atomic mass is 19.1. The molecule has 0 bridgehead atoms. The van der Waals surface area contributed by atoms with Crippen molar-refractivity contribution in [1.82, 2.24) is 4.98 Å². The van der Waals surface area contributed by atoms with E-state index in [1.807, 2.05) is 43.1 Å². The van der Waals surface area contributed by atoms with Crippen LogP contribution in [0.3, 0.4) is 0 Å². The summed E-state index contributed by atoms with van der Waals surface area (Å²) >= 11 is 0. The monoisotopic (exact) mass is 287 g/mol. The molecule has 0 aliphatic heterocycles. The lowest BCUT2D eigenvalue weighted by molar-refractivity contribution is 0.610. The van der Waals surface area contributed by atoms with Crippen LogP contribution in [0, 0.1) is 5.82 Å². The van der Waals surface area contributed by atoms with Crippen LogP contribution in [0.25, 0.3) is 0 Å². The number of halogens is 1. The summed E-state index contributed by atoms with van der Waals surface area (Å²) in [6.07, 6.45) is 5.09. The van der Waals surface area contributed by atoms with E-state index < -0.39 is 0 Å².